The quantitative estimate of drug-likeness (QED) is 0.0808. The third-order valence-electron chi connectivity index (χ3n) is 7.30. The van der Waals surface area contributed by atoms with Crippen LogP contribution in [0.25, 0.3) is 21.8 Å². The molecule has 2 heterocycles. The van der Waals surface area contributed by atoms with Gasteiger partial charge in [-0.2, -0.15) is 0 Å². The number of hydrogen-bond acceptors (Lipinski definition) is 6. The first-order valence-corrected chi connectivity index (χ1v) is 14.4. The Hall–Kier alpha value is -5.14. The van der Waals surface area contributed by atoms with Crippen molar-refractivity contribution in [3.05, 3.63) is 141 Å². The third-order valence-corrected chi connectivity index (χ3v) is 8.16. The van der Waals surface area contributed by atoms with E-state index in [2.05, 4.69) is 16.6 Å². The minimum atomic E-state index is -0.654. The average molecular weight is 571 g/mol. The van der Waals surface area contributed by atoms with Gasteiger partial charge in [0.25, 0.3) is 0 Å². The van der Waals surface area contributed by atoms with Gasteiger partial charge in [-0.3, -0.25) is 9.59 Å². The second kappa shape index (κ2) is 11.4. The van der Waals surface area contributed by atoms with Crippen LogP contribution < -0.4 is 0 Å². The molecule has 7 heteroatoms. The Kier molecular flexibility index (Phi) is 7.33. The van der Waals surface area contributed by atoms with Crippen LogP contribution >= 0.6 is 11.3 Å². The molecule has 6 aromatic rings. The predicted octanol–water partition coefficient (Wildman–Crippen LogP) is 7.86. The summed E-state index contributed by atoms with van der Waals surface area (Å²) in [5.41, 5.74) is 4.67. The summed E-state index contributed by atoms with van der Waals surface area (Å²) in [7, 11) is 0. The van der Waals surface area contributed by atoms with Gasteiger partial charge in [0.15, 0.2) is 5.71 Å². The monoisotopic (exact) mass is 570 g/mol. The summed E-state index contributed by atoms with van der Waals surface area (Å²) < 4.78 is 2.16. The first-order valence-electron chi connectivity index (χ1n) is 13.6. The second-order valence-corrected chi connectivity index (χ2v) is 10.8. The van der Waals surface area contributed by atoms with E-state index in [9.17, 15) is 14.4 Å². The fourth-order valence-electron chi connectivity index (χ4n) is 5.18. The number of nitrogens with zero attached hydrogens (tertiary/aromatic N) is 2. The van der Waals surface area contributed by atoms with Crippen molar-refractivity contribution in [3.8, 4) is 0 Å². The number of aromatic nitrogens is 1. The van der Waals surface area contributed by atoms with Crippen LogP contribution in [0.4, 0.5) is 0 Å². The van der Waals surface area contributed by atoms with Crippen molar-refractivity contribution >= 4 is 56.4 Å². The Labute approximate surface area is 246 Å². The van der Waals surface area contributed by atoms with Crippen LogP contribution in [0.15, 0.2) is 114 Å². The van der Waals surface area contributed by atoms with E-state index in [-0.39, 0.29) is 17.3 Å². The molecule has 0 fully saturated rings. The van der Waals surface area contributed by atoms with Crippen LogP contribution in [0.2, 0.25) is 0 Å². The average Bonchev–Trinajstić information content (AvgIpc) is 3.68. The lowest BCUT2D eigenvalue weighted by Crippen LogP contribution is -2.18. The molecule has 0 spiro atoms. The van der Waals surface area contributed by atoms with E-state index in [1.165, 1.54) is 11.3 Å². The standard InChI is InChI=1S/C35H26N2O4S/c1-3-37-29-17-15-24(33(38)31-14-9-19-42-31)20-27(29)28-21-25(16-18-30(28)37)34(39)32(26-13-8-7-10-22(26)2)36-41-35(40)23-11-5-4-6-12-23/h4-21H,3H2,1-2H3/b36-32+. The molecule has 0 saturated carbocycles. The van der Waals surface area contributed by atoms with Gasteiger partial charge >= 0.3 is 5.97 Å². The highest BCUT2D eigenvalue weighted by Gasteiger charge is 2.22. The van der Waals surface area contributed by atoms with E-state index in [1.807, 2.05) is 73.0 Å². The number of ketones is 2. The lowest BCUT2D eigenvalue weighted by atomic mass is 9.96. The van der Waals surface area contributed by atoms with Crippen LogP contribution in [-0.4, -0.2) is 27.8 Å². The maximum atomic E-state index is 14.1. The Morgan fingerprint density at radius 3 is 2.10 bits per heavy atom. The van der Waals surface area contributed by atoms with Crippen molar-refractivity contribution in [3.63, 3.8) is 0 Å². The molecule has 0 unspecified atom stereocenters. The summed E-state index contributed by atoms with van der Waals surface area (Å²) in [5, 5.41) is 7.73. The molecule has 206 valence electrons. The Morgan fingerprint density at radius 2 is 1.43 bits per heavy atom. The van der Waals surface area contributed by atoms with Gasteiger partial charge in [-0.05, 0) is 79.4 Å². The molecule has 42 heavy (non-hydrogen) atoms. The number of Topliss-reactive ketones (excluding diaryl/α,β-unsaturated/α-hetero) is 1. The molecule has 6 nitrogen and oxygen atoms in total. The number of carbonyl (C=O) groups is 3. The van der Waals surface area contributed by atoms with Crippen LogP contribution in [-0.2, 0) is 11.4 Å². The zero-order valence-electron chi connectivity index (χ0n) is 23.0. The van der Waals surface area contributed by atoms with Crippen molar-refractivity contribution in [2.24, 2.45) is 5.16 Å². The van der Waals surface area contributed by atoms with Crippen LogP contribution in [0.1, 0.15) is 54.0 Å². The predicted molar refractivity (Wildman–Crippen MR) is 167 cm³/mol. The van der Waals surface area contributed by atoms with E-state index in [0.717, 1.165) is 33.9 Å². The van der Waals surface area contributed by atoms with Gasteiger partial charge in [-0.15, -0.1) is 11.3 Å². The Morgan fingerprint density at radius 1 is 0.762 bits per heavy atom. The molecule has 0 bridgehead atoms. The molecular formula is C35H26N2O4S. The smallest absolute Gasteiger partial charge is 0.341 e. The van der Waals surface area contributed by atoms with Crippen molar-refractivity contribution in [2.75, 3.05) is 0 Å². The number of thiophene rings is 1. The zero-order chi connectivity index (χ0) is 29.2. The maximum Gasteiger partial charge on any atom is 0.365 e. The highest BCUT2D eigenvalue weighted by molar-refractivity contribution is 7.12. The molecule has 6 rings (SSSR count). The number of aryl methyl sites for hydroxylation is 2. The largest absolute Gasteiger partial charge is 0.365 e. The molecule has 0 aliphatic carbocycles. The van der Waals surface area contributed by atoms with Gasteiger partial charge in [0.2, 0.25) is 11.6 Å². The normalized spacial score (nSPS) is 11.6. The minimum absolute atomic E-state index is 0.0320. The number of benzene rings is 4. The van der Waals surface area contributed by atoms with E-state index in [0.29, 0.717) is 27.1 Å². The number of carbonyl (C=O) groups excluding carboxylic acids is 3. The summed E-state index contributed by atoms with van der Waals surface area (Å²) >= 11 is 1.41. The zero-order valence-corrected chi connectivity index (χ0v) is 23.9. The molecule has 0 aliphatic heterocycles. The first kappa shape index (κ1) is 27.1. The van der Waals surface area contributed by atoms with Crippen molar-refractivity contribution in [1.29, 1.82) is 0 Å². The topological polar surface area (TPSA) is 77.7 Å². The maximum absolute atomic E-state index is 14.1. The first-order chi connectivity index (χ1) is 20.5. The van der Waals surface area contributed by atoms with Gasteiger partial charge in [0.05, 0.1) is 10.4 Å². The summed E-state index contributed by atoms with van der Waals surface area (Å²) in [6, 6.07) is 30.8. The van der Waals surface area contributed by atoms with Crippen molar-refractivity contribution in [1.82, 2.24) is 4.57 Å². The fraction of sp³-hybridized carbons (Fsp3) is 0.0857. The second-order valence-electron chi connectivity index (χ2n) is 9.84. The van der Waals surface area contributed by atoms with E-state index in [1.54, 1.807) is 42.5 Å². The molecule has 0 atom stereocenters. The molecule has 0 amide bonds. The molecule has 0 N–H and O–H groups in total. The SMILES string of the molecule is CCn1c2ccc(C(=O)/C(=N/OC(=O)c3ccccc3)c3ccccc3C)cc2c2cc(C(=O)c3cccs3)ccc21. The van der Waals surface area contributed by atoms with Crippen LogP contribution in [0.5, 0.6) is 0 Å². The minimum Gasteiger partial charge on any atom is -0.341 e. The molecule has 0 radical (unpaired) electrons. The molecule has 0 saturated heterocycles. The summed E-state index contributed by atoms with van der Waals surface area (Å²) in [6.07, 6.45) is 0. The van der Waals surface area contributed by atoms with Crippen molar-refractivity contribution < 1.29 is 19.2 Å². The number of oxime groups is 1. The van der Waals surface area contributed by atoms with Gasteiger partial charge < -0.3 is 9.40 Å². The molecule has 4 aromatic carbocycles. The van der Waals surface area contributed by atoms with E-state index in [4.69, 9.17) is 4.84 Å². The summed E-state index contributed by atoms with van der Waals surface area (Å²) in [5.74, 6) is -1.07. The van der Waals surface area contributed by atoms with Crippen LogP contribution in [0.3, 0.4) is 0 Å². The lowest BCUT2D eigenvalue weighted by Gasteiger charge is -2.09. The Balaban J connectivity index is 1.45. The highest BCUT2D eigenvalue weighted by atomic mass is 32.1. The van der Waals surface area contributed by atoms with Gasteiger partial charge in [-0.25, -0.2) is 4.79 Å². The molecule has 0 aliphatic rings. The van der Waals surface area contributed by atoms with E-state index >= 15 is 0 Å². The number of rotatable bonds is 8. The summed E-state index contributed by atoms with van der Waals surface area (Å²) in [4.78, 5) is 45.8. The van der Waals surface area contributed by atoms with Gasteiger partial charge in [0.1, 0.15) is 0 Å². The summed E-state index contributed by atoms with van der Waals surface area (Å²) in [6.45, 7) is 4.66. The van der Waals surface area contributed by atoms with Gasteiger partial charge in [-0.1, -0.05) is 53.7 Å². The Bertz CT molecular complexity index is 2000. The van der Waals surface area contributed by atoms with Crippen LogP contribution in [0, 0.1) is 6.92 Å². The van der Waals surface area contributed by atoms with Gasteiger partial charge in [0, 0.05) is 45.0 Å². The molecule has 2 aromatic heterocycles. The number of fused-ring (bicyclic) bond motifs is 3. The van der Waals surface area contributed by atoms with Crippen molar-refractivity contribution in [2.45, 2.75) is 20.4 Å². The highest BCUT2D eigenvalue weighted by Crippen LogP contribution is 2.32. The number of hydrogen-bond donors (Lipinski definition) is 0. The fourth-order valence-corrected chi connectivity index (χ4v) is 5.87. The van der Waals surface area contributed by atoms with E-state index < -0.39 is 5.97 Å². The third kappa shape index (κ3) is 4.95. The molecular weight excluding hydrogens is 544 g/mol. The lowest BCUT2D eigenvalue weighted by molar-refractivity contribution is 0.0516.